The van der Waals surface area contributed by atoms with Crippen molar-refractivity contribution in [2.45, 2.75) is 30.6 Å². The number of imidazole rings is 1. The summed E-state index contributed by atoms with van der Waals surface area (Å²) in [5.41, 5.74) is 2.38. The van der Waals surface area contributed by atoms with Gasteiger partial charge in [-0.25, -0.2) is 4.98 Å². The molecule has 7 nitrogen and oxygen atoms in total. The number of carbonyl (C=O) groups is 1. The van der Waals surface area contributed by atoms with Crippen LogP contribution in [0.2, 0.25) is 0 Å². The number of hydrogen-bond donors (Lipinski definition) is 4. The van der Waals surface area contributed by atoms with E-state index in [0.717, 1.165) is 16.8 Å². The molecule has 7 heteroatoms. The number of fused-ring (bicyclic) bond motifs is 1. The molecule has 0 aliphatic heterocycles. The van der Waals surface area contributed by atoms with Gasteiger partial charge < -0.3 is 25.3 Å². The van der Waals surface area contributed by atoms with Crippen molar-refractivity contribution in [3.8, 4) is 5.75 Å². The molecule has 4 N–H and O–H groups in total. The number of rotatable bonds is 4. The number of aromatic amines is 1. The maximum absolute atomic E-state index is 12.7. The van der Waals surface area contributed by atoms with Gasteiger partial charge in [0.15, 0.2) is 5.82 Å². The number of methoxy groups -OCH3 is 1. The molecule has 1 saturated carbocycles. The van der Waals surface area contributed by atoms with Crippen LogP contribution in [0.3, 0.4) is 0 Å². The fraction of sp³-hybridized carbons (Fsp3) is 0.300. The largest absolute Gasteiger partial charge is 0.497 e. The van der Waals surface area contributed by atoms with Crippen LogP contribution in [0, 0.1) is 0 Å². The molecule has 140 valence electrons. The van der Waals surface area contributed by atoms with Crippen LogP contribution in [0.25, 0.3) is 11.0 Å². The summed E-state index contributed by atoms with van der Waals surface area (Å²) in [5.74, 6) is 0.274. The van der Waals surface area contributed by atoms with Crippen LogP contribution < -0.4 is 10.1 Å². The van der Waals surface area contributed by atoms with Crippen LogP contribution in [-0.4, -0.2) is 51.4 Å². The number of nitrogens with zero attached hydrogens (tertiary/aromatic N) is 1. The summed E-state index contributed by atoms with van der Waals surface area (Å²) in [7, 11) is 1.59. The van der Waals surface area contributed by atoms with Crippen molar-refractivity contribution < 1.29 is 19.7 Å². The summed E-state index contributed by atoms with van der Waals surface area (Å²) in [4.78, 5) is 20.0. The number of H-pyrrole nitrogens is 1. The van der Waals surface area contributed by atoms with E-state index >= 15 is 0 Å². The molecule has 0 spiro atoms. The Bertz CT molecular complexity index is 920. The third kappa shape index (κ3) is 3.27. The Hall–Kier alpha value is -2.90. The van der Waals surface area contributed by atoms with Gasteiger partial charge in [-0.05, 0) is 36.2 Å². The second-order valence-electron chi connectivity index (χ2n) is 6.78. The fourth-order valence-corrected chi connectivity index (χ4v) is 3.68. The molecule has 1 aromatic heterocycles. The molecular weight excluding hydrogens is 346 g/mol. The number of amides is 1. The van der Waals surface area contributed by atoms with Crippen molar-refractivity contribution in [2.75, 3.05) is 7.11 Å². The predicted octanol–water partition coefficient (Wildman–Crippen LogP) is 1.58. The Morgan fingerprint density at radius 3 is 2.63 bits per heavy atom. The first-order valence-electron chi connectivity index (χ1n) is 8.82. The Kier molecular flexibility index (Phi) is 4.55. The Morgan fingerprint density at radius 2 is 1.93 bits per heavy atom. The molecular formula is C20H21N3O4. The molecule has 2 aromatic carbocycles. The van der Waals surface area contributed by atoms with Gasteiger partial charge in [0, 0.05) is 5.92 Å². The lowest BCUT2D eigenvalue weighted by molar-refractivity contribution is 0.0293. The molecule has 0 bridgehead atoms. The quantitative estimate of drug-likeness (QED) is 0.560. The number of nitrogens with one attached hydrogen (secondary N) is 2. The Labute approximate surface area is 156 Å². The number of hydrogen-bond acceptors (Lipinski definition) is 5. The zero-order chi connectivity index (χ0) is 19.0. The minimum atomic E-state index is -1.05. The van der Waals surface area contributed by atoms with Crippen molar-refractivity contribution in [3.05, 3.63) is 59.9 Å². The zero-order valence-corrected chi connectivity index (χ0v) is 14.8. The summed E-state index contributed by atoms with van der Waals surface area (Å²) in [6.07, 6.45) is -1.60. The van der Waals surface area contributed by atoms with Crippen LogP contribution in [0.1, 0.15) is 28.5 Å². The van der Waals surface area contributed by atoms with E-state index in [9.17, 15) is 15.0 Å². The smallest absolute Gasteiger partial charge is 0.287 e. The van der Waals surface area contributed by atoms with E-state index < -0.39 is 24.2 Å². The Balaban J connectivity index is 1.57. The highest BCUT2D eigenvalue weighted by molar-refractivity contribution is 5.94. The lowest BCUT2D eigenvalue weighted by atomic mass is 9.93. The molecule has 27 heavy (non-hydrogen) atoms. The zero-order valence-electron chi connectivity index (χ0n) is 14.8. The van der Waals surface area contributed by atoms with Crippen LogP contribution in [0.4, 0.5) is 0 Å². The van der Waals surface area contributed by atoms with Crippen LogP contribution in [0.15, 0.2) is 48.5 Å². The van der Waals surface area contributed by atoms with Crippen molar-refractivity contribution >= 4 is 16.9 Å². The lowest BCUT2D eigenvalue weighted by Gasteiger charge is -2.23. The van der Waals surface area contributed by atoms with E-state index in [-0.39, 0.29) is 11.7 Å². The number of benzene rings is 2. The first-order valence-corrected chi connectivity index (χ1v) is 8.82. The van der Waals surface area contributed by atoms with E-state index in [4.69, 9.17) is 4.74 Å². The number of carbonyl (C=O) groups excluding carboxylic acids is 1. The third-order valence-electron chi connectivity index (χ3n) is 5.14. The number of para-hydroxylation sites is 2. The molecule has 0 unspecified atom stereocenters. The van der Waals surface area contributed by atoms with Gasteiger partial charge in [-0.2, -0.15) is 0 Å². The molecule has 1 fully saturated rings. The van der Waals surface area contributed by atoms with Gasteiger partial charge in [-0.1, -0.05) is 24.3 Å². The van der Waals surface area contributed by atoms with Gasteiger partial charge >= 0.3 is 0 Å². The van der Waals surface area contributed by atoms with Gasteiger partial charge in [-0.15, -0.1) is 0 Å². The summed E-state index contributed by atoms with van der Waals surface area (Å²) >= 11 is 0. The topological polar surface area (TPSA) is 107 Å². The highest BCUT2D eigenvalue weighted by Crippen LogP contribution is 2.36. The third-order valence-corrected chi connectivity index (χ3v) is 5.14. The van der Waals surface area contributed by atoms with Crippen LogP contribution in [-0.2, 0) is 0 Å². The predicted molar refractivity (Wildman–Crippen MR) is 99.7 cm³/mol. The monoisotopic (exact) mass is 367 g/mol. The number of ether oxygens (including phenoxy) is 1. The van der Waals surface area contributed by atoms with Crippen molar-refractivity contribution in [1.82, 2.24) is 15.3 Å². The van der Waals surface area contributed by atoms with Crippen LogP contribution in [0.5, 0.6) is 5.75 Å². The maximum Gasteiger partial charge on any atom is 0.287 e. The van der Waals surface area contributed by atoms with Gasteiger partial charge in [0.1, 0.15) is 11.9 Å². The first kappa shape index (κ1) is 17.5. The van der Waals surface area contributed by atoms with Gasteiger partial charge in [-0.3, -0.25) is 4.79 Å². The van der Waals surface area contributed by atoms with E-state index in [1.165, 1.54) is 0 Å². The average Bonchev–Trinajstić information content (AvgIpc) is 3.25. The lowest BCUT2D eigenvalue weighted by Crippen LogP contribution is -2.45. The molecule has 4 atom stereocenters. The van der Waals surface area contributed by atoms with E-state index in [1.54, 1.807) is 7.11 Å². The average molecular weight is 367 g/mol. The van der Waals surface area contributed by atoms with Crippen molar-refractivity contribution in [2.24, 2.45) is 0 Å². The summed E-state index contributed by atoms with van der Waals surface area (Å²) < 4.78 is 5.17. The molecule has 1 aliphatic rings. The summed E-state index contributed by atoms with van der Waals surface area (Å²) in [6, 6.07) is 14.2. The highest BCUT2D eigenvalue weighted by Gasteiger charge is 2.43. The number of aliphatic hydroxyl groups is 2. The standard InChI is InChI=1S/C20H21N3O4/c1-27-12-8-6-11(7-9-12)13-10-16(24)18(25)17(13)23-20(26)19-21-14-4-2-3-5-15(14)22-19/h2-9,13,16-18,24-25H,10H2,1H3,(H,21,22)(H,23,26)/t13-,16-,17-,18-/m1/s1. The van der Waals surface area contributed by atoms with E-state index in [0.29, 0.717) is 11.9 Å². The van der Waals surface area contributed by atoms with Gasteiger partial charge in [0.2, 0.25) is 0 Å². The maximum atomic E-state index is 12.7. The van der Waals surface area contributed by atoms with Gasteiger partial charge in [0.05, 0.1) is 30.3 Å². The van der Waals surface area contributed by atoms with Crippen molar-refractivity contribution in [1.29, 1.82) is 0 Å². The fourth-order valence-electron chi connectivity index (χ4n) is 3.68. The second-order valence-corrected chi connectivity index (χ2v) is 6.78. The van der Waals surface area contributed by atoms with E-state index in [1.807, 2.05) is 48.5 Å². The molecule has 1 aliphatic carbocycles. The first-order chi connectivity index (χ1) is 13.1. The second kappa shape index (κ2) is 7.02. The molecule has 3 aromatic rings. The minimum absolute atomic E-state index is 0.179. The molecule has 0 radical (unpaired) electrons. The summed E-state index contributed by atoms with van der Waals surface area (Å²) in [6.45, 7) is 0. The molecule has 1 amide bonds. The van der Waals surface area contributed by atoms with Gasteiger partial charge in [0.25, 0.3) is 5.91 Å². The van der Waals surface area contributed by atoms with Crippen LogP contribution >= 0.6 is 0 Å². The molecule has 0 saturated heterocycles. The molecule has 1 heterocycles. The number of aromatic nitrogens is 2. The normalized spacial score (nSPS) is 24.9. The molecule has 4 rings (SSSR count). The van der Waals surface area contributed by atoms with Crippen molar-refractivity contribution in [3.63, 3.8) is 0 Å². The highest BCUT2D eigenvalue weighted by atomic mass is 16.5. The minimum Gasteiger partial charge on any atom is -0.497 e. The summed E-state index contributed by atoms with van der Waals surface area (Å²) in [5, 5.41) is 23.4. The number of aliphatic hydroxyl groups excluding tert-OH is 2. The SMILES string of the molecule is COc1ccc([C@H]2C[C@@H](O)[C@@H](O)[C@@H]2NC(=O)c2nc3ccccc3[nH]2)cc1. The Morgan fingerprint density at radius 1 is 1.19 bits per heavy atom. The van der Waals surface area contributed by atoms with E-state index in [2.05, 4.69) is 15.3 Å².